The number of nitrogens with one attached hydrogen (secondary N) is 1. The van der Waals surface area contributed by atoms with Crippen molar-refractivity contribution in [3.05, 3.63) is 105 Å². The molecule has 3 aromatic rings. The largest absolute Gasteiger partial charge is 0.497 e. The molecule has 0 radical (unpaired) electrons. The Morgan fingerprint density at radius 1 is 1.03 bits per heavy atom. The minimum absolute atomic E-state index is 0.0447. The Bertz CT molecular complexity index is 1250. The van der Waals surface area contributed by atoms with E-state index in [4.69, 9.17) is 9.47 Å². The van der Waals surface area contributed by atoms with E-state index in [1.165, 1.54) is 30.5 Å². The van der Waals surface area contributed by atoms with E-state index < -0.39 is 16.8 Å². The lowest BCUT2D eigenvalue weighted by Gasteiger charge is -2.06. The number of benzene rings is 3. The number of methoxy groups -OCH3 is 1. The molecule has 0 heterocycles. The fourth-order valence-electron chi connectivity index (χ4n) is 2.79. The number of nitro benzene ring substituents is 1. The van der Waals surface area contributed by atoms with Crippen molar-refractivity contribution in [1.82, 2.24) is 5.43 Å². The quantitative estimate of drug-likeness (QED) is 0.134. The number of rotatable bonds is 8. The Kier molecular flexibility index (Phi) is 7.85. The molecule has 0 unspecified atom stereocenters. The van der Waals surface area contributed by atoms with Gasteiger partial charge in [0.15, 0.2) is 0 Å². The van der Waals surface area contributed by atoms with E-state index in [9.17, 15) is 19.7 Å². The van der Waals surface area contributed by atoms with Crippen LogP contribution in [0.1, 0.15) is 27.0 Å². The Labute approximate surface area is 195 Å². The van der Waals surface area contributed by atoms with E-state index >= 15 is 0 Å². The first-order valence-corrected chi connectivity index (χ1v) is 10.1. The van der Waals surface area contributed by atoms with Crippen molar-refractivity contribution in [2.75, 3.05) is 7.11 Å². The highest BCUT2D eigenvalue weighted by molar-refractivity contribution is 5.95. The van der Waals surface area contributed by atoms with Crippen LogP contribution in [0.15, 0.2) is 77.9 Å². The van der Waals surface area contributed by atoms with Gasteiger partial charge in [-0.25, -0.2) is 10.2 Å². The molecule has 0 saturated heterocycles. The fraction of sp³-hybridized carbons (Fsp3) is 0.0800. The van der Waals surface area contributed by atoms with E-state index in [1.54, 1.807) is 61.7 Å². The maximum atomic E-state index is 12.3. The van der Waals surface area contributed by atoms with Crippen molar-refractivity contribution < 1.29 is 24.0 Å². The summed E-state index contributed by atoms with van der Waals surface area (Å²) in [5.74, 6) is -0.419. The highest BCUT2D eigenvalue weighted by Crippen LogP contribution is 2.23. The van der Waals surface area contributed by atoms with Crippen LogP contribution in [0.25, 0.3) is 6.08 Å². The van der Waals surface area contributed by atoms with Gasteiger partial charge in [-0.05, 0) is 48.9 Å². The minimum atomic E-state index is -0.692. The number of carbonyl (C=O) groups is 2. The number of nitrogens with zero attached hydrogens (tertiary/aromatic N) is 2. The van der Waals surface area contributed by atoms with Gasteiger partial charge in [-0.3, -0.25) is 14.9 Å². The molecule has 3 aromatic carbocycles. The molecule has 0 atom stereocenters. The second-order valence-corrected chi connectivity index (χ2v) is 7.07. The summed E-state index contributed by atoms with van der Waals surface area (Å²) >= 11 is 0. The first-order chi connectivity index (χ1) is 16.4. The summed E-state index contributed by atoms with van der Waals surface area (Å²) in [6.45, 7) is 1.90. The van der Waals surface area contributed by atoms with Gasteiger partial charge in [0.1, 0.15) is 11.5 Å². The second kappa shape index (κ2) is 11.2. The summed E-state index contributed by atoms with van der Waals surface area (Å²) in [4.78, 5) is 35.1. The van der Waals surface area contributed by atoms with Crippen LogP contribution in [0, 0.1) is 17.0 Å². The molecule has 9 heteroatoms. The average molecular weight is 459 g/mol. The number of nitro groups is 1. The molecule has 0 saturated carbocycles. The van der Waals surface area contributed by atoms with Crippen LogP contribution in [0.4, 0.5) is 5.69 Å². The van der Waals surface area contributed by atoms with Gasteiger partial charge in [-0.15, -0.1) is 0 Å². The number of hydrogen-bond donors (Lipinski definition) is 1. The molecular weight excluding hydrogens is 438 g/mol. The van der Waals surface area contributed by atoms with Crippen LogP contribution < -0.4 is 14.9 Å². The molecule has 9 nitrogen and oxygen atoms in total. The van der Waals surface area contributed by atoms with Crippen LogP contribution in [-0.4, -0.2) is 30.1 Å². The van der Waals surface area contributed by atoms with Crippen LogP contribution in [0.3, 0.4) is 0 Å². The van der Waals surface area contributed by atoms with Gasteiger partial charge in [-0.1, -0.05) is 29.8 Å². The highest BCUT2D eigenvalue weighted by Gasteiger charge is 2.13. The average Bonchev–Trinajstić information content (AvgIpc) is 2.84. The van der Waals surface area contributed by atoms with E-state index in [2.05, 4.69) is 10.5 Å². The first kappa shape index (κ1) is 23.9. The van der Waals surface area contributed by atoms with Crippen molar-refractivity contribution in [3.8, 4) is 11.5 Å². The number of esters is 1. The molecule has 34 heavy (non-hydrogen) atoms. The van der Waals surface area contributed by atoms with Crippen molar-refractivity contribution >= 4 is 29.9 Å². The van der Waals surface area contributed by atoms with Crippen molar-refractivity contribution in [1.29, 1.82) is 0 Å². The maximum absolute atomic E-state index is 12.3. The van der Waals surface area contributed by atoms with E-state index in [0.717, 1.165) is 11.1 Å². The predicted octanol–water partition coefficient (Wildman–Crippen LogP) is 4.29. The first-order valence-electron chi connectivity index (χ1n) is 10.1. The summed E-state index contributed by atoms with van der Waals surface area (Å²) in [5, 5.41) is 15.0. The van der Waals surface area contributed by atoms with Crippen molar-refractivity contribution in [3.63, 3.8) is 0 Å². The standard InChI is InChI=1S/C25H21N3O6/c1-17-3-8-19(9-4-17)25(30)27-26-16-20-15-21(28(31)32)10-13-23(20)34-24(29)14-7-18-5-11-22(33-2)12-6-18/h3-16H,1-2H3,(H,27,30)/b14-7+,26-16+. The molecule has 0 fully saturated rings. The Morgan fingerprint density at radius 3 is 2.38 bits per heavy atom. The third kappa shape index (κ3) is 6.60. The van der Waals surface area contributed by atoms with Gasteiger partial charge >= 0.3 is 5.97 Å². The van der Waals surface area contributed by atoms with Gasteiger partial charge in [0, 0.05) is 29.3 Å². The number of carbonyl (C=O) groups excluding carboxylic acids is 2. The normalized spacial score (nSPS) is 10.9. The lowest BCUT2D eigenvalue weighted by Crippen LogP contribution is -2.17. The monoisotopic (exact) mass is 459 g/mol. The topological polar surface area (TPSA) is 120 Å². The molecule has 0 aliphatic carbocycles. The third-order valence-corrected chi connectivity index (χ3v) is 4.63. The number of aryl methyl sites for hydroxylation is 1. The van der Waals surface area contributed by atoms with Crippen LogP contribution in [-0.2, 0) is 4.79 Å². The van der Waals surface area contributed by atoms with Gasteiger partial charge in [0.25, 0.3) is 11.6 Å². The highest BCUT2D eigenvalue weighted by atomic mass is 16.6. The molecule has 1 N–H and O–H groups in total. The summed E-state index contributed by atoms with van der Waals surface area (Å²) < 4.78 is 10.4. The number of amides is 1. The molecule has 3 rings (SSSR count). The van der Waals surface area contributed by atoms with Gasteiger partial charge in [0.05, 0.1) is 18.2 Å². The molecular formula is C25H21N3O6. The lowest BCUT2D eigenvalue weighted by molar-refractivity contribution is -0.384. The Hall–Kier alpha value is -4.79. The summed E-state index contributed by atoms with van der Waals surface area (Å²) in [7, 11) is 1.56. The molecule has 0 aliphatic heterocycles. The molecule has 0 aliphatic rings. The van der Waals surface area contributed by atoms with Gasteiger partial charge < -0.3 is 9.47 Å². The van der Waals surface area contributed by atoms with E-state index in [1.807, 2.05) is 6.92 Å². The number of hydrazone groups is 1. The Morgan fingerprint density at radius 2 is 1.74 bits per heavy atom. The van der Waals surface area contributed by atoms with E-state index in [-0.39, 0.29) is 17.0 Å². The second-order valence-electron chi connectivity index (χ2n) is 7.07. The van der Waals surface area contributed by atoms with Crippen LogP contribution in [0.2, 0.25) is 0 Å². The molecule has 1 amide bonds. The van der Waals surface area contributed by atoms with Gasteiger partial charge in [0.2, 0.25) is 0 Å². The number of non-ortho nitro benzene ring substituents is 1. The molecule has 0 aromatic heterocycles. The Balaban J connectivity index is 1.73. The predicted molar refractivity (Wildman–Crippen MR) is 127 cm³/mol. The minimum Gasteiger partial charge on any atom is -0.497 e. The molecule has 172 valence electrons. The van der Waals surface area contributed by atoms with E-state index in [0.29, 0.717) is 11.3 Å². The fourth-order valence-corrected chi connectivity index (χ4v) is 2.79. The zero-order valence-corrected chi connectivity index (χ0v) is 18.4. The van der Waals surface area contributed by atoms with Crippen molar-refractivity contribution in [2.45, 2.75) is 6.92 Å². The van der Waals surface area contributed by atoms with Crippen LogP contribution in [0.5, 0.6) is 11.5 Å². The third-order valence-electron chi connectivity index (χ3n) is 4.63. The van der Waals surface area contributed by atoms with Gasteiger partial charge in [-0.2, -0.15) is 5.10 Å². The molecule has 0 bridgehead atoms. The number of ether oxygens (including phenoxy) is 2. The summed E-state index contributed by atoms with van der Waals surface area (Å²) in [6.07, 6.45) is 3.96. The maximum Gasteiger partial charge on any atom is 0.336 e. The summed E-state index contributed by atoms with van der Waals surface area (Å²) in [5.41, 5.74) is 4.42. The smallest absolute Gasteiger partial charge is 0.336 e. The SMILES string of the molecule is COc1ccc(/C=C/C(=O)Oc2ccc([N+](=O)[O-])cc2/C=N/NC(=O)c2ccc(C)cc2)cc1. The van der Waals surface area contributed by atoms with Crippen molar-refractivity contribution in [2.24, 2.45) is 5.10 Å². The summed E-state index contributed by atoms with van der Waals surface area (Å²) in [6, 6.07) is 17.6. The van der Waals surface area contributed by atoms with Crippen LogP contribution >= 0.6 is 0 Å². The zero-order valence-electron chi connectivity index (χ0n) is 18.4. The lowest BCUT2D eigenvalue weighted by atomic mass is 10.1. The molecule has 0 spiro atoms. The number of hydrogen-bond acceptors (Lipinski definition) is 7. The zero-order chi connectivity index (χ0) is 24.5.